The van der Waals surface area contributed by atoms with Crippen molar-refractivity contribution in [3.8, 4) is 0 Å². The van der Waals surface area contributed by atoms with E-state index in [0.29, 0.717) is 13.1 Å². The van der Waals surface area contributed by atoms with Crippen LogP contribution in [0.1, 0.15) is 30.3 Å². The van der Waals surface area contributed by atoms with E-state index in [-0.39, 0.29) is 17.7 Å². The summed E-state index contributed by atoms with van der Waals surface area (Å²) >= 11 is 1.68. The van der Waals surface area contributed by atoms with Gasteiger partial charge in [0.25, 0.3) is 5.91 Å². The van der Waals surface area contributed by atoms with E-state index < -0.39 is 0 Å². The number of rotatable bonds is 4. The van der Waals surface area contributed by atoms with E-state index in [9.17, 15) is 9.59 Å². The van der Waals surface area contributed by atoms with Crippen LogP contribution in [0.3, 0.4) is 0 Å². The number of nitrogens with zero attached hydrogens (tertiary/aromatic N) is 4. The van der Waals surface area contributed by atoms with Crippen LogP contribution in [0, 0.1) is 5.92 Å². The molecule has 0 unspecified atom stereocenters. The van der Waals surface area contributed by atoms with Gasteiger partial charge in [0.15, 0.2) is 0 Å². The van der Waals surface area contributed by atoms with Gasteiger partial charge in [-0.1, -0.05) is 18.2 Å². The molecule has 6 nitrogen and oxygen atoms in total. The van der Waals surface area contributed by atoms with Crippen molar-refractivity contribution in [1.29, 1.82) is 0 Å². The Morgan fingerprint density at radius 1 is 0.938 bits per heavy atom. The number of anilines is 1. The molecule has 4 heterocycles. The standard InChI is InChI=1S/C25H30N4O2S/c1-2-29-21-10-17-32-23(21)18-22(29)25(31)27-11-8-19(9-12-27)24(30)28-15-13-26(14-16-28)20-6-4-3-5-7-20/h3-7,10,17-19H,2,8-9,11-16H2,1H3. The van der Waals surface area contributed by atoms with Crippen molar-refractivity contribution in [3.05, 3.63) is 53.5 Å². The molecule has 0 bridgehead atoms. The third-order valence-corrected chi connectivity index (χ3v) is 7.76. The number of piperazine rings is 1. The van der Waals surface area contributed by atoms with Gasteiger partial charge in [-0.2, -0.15) is 0 Å². The number of para-hydroxylation sites is 1. The molecular formula is C25H30N4O2S. The van der Waals surface area contributed by atoms with Gasteiger partial charge in [0.1, 0.15) is 5.69 Å². The fourth-order valence-electron chi connectivity index (χ4n) is 5.07. The highest BCUT2D eigenvalue weighted by molar-refractivity contribution is 7.17. The first-order chi connectivity index (χ1) is 15.7. The second kappa shape index (κ2) is 8.98. The zero-order valence-electron chi connectivity index (χ0n) is 18.6. The molecule has 0 N–H and O–H groups in total. The number of aryl methyl sites for hydroxylation is 1. The highest BCUT2D eigenvalue weighted by Gasteiger charge is 2.32. The Kier molecular flexibility index (Phi) is 5.91. The second-order valence-corrected chi connectivity index (χ2v) is 9.61. The number of hydrogen-bond acceptors (Lipinski definition) is 4. The average Bonchev–Trinajstić information content (AvgIpc) is 3.45. The minimum atomic E-state index is 0.0313. The molecule has 0 spiro atoms. The lowest BCUT2D eigenvalue weighted by Crippen LogP contribution is -2.52. The van der Waals surface area contributed by atoms with Gasteiger partial charge in [-0.3, -0.25) is 9.59 Å². The van der Waals surface area contributed by atoms with Gasteiger partial charge in [-0.25, -0.2) is 0 Å². The minimum absolute atomic E-state index is 0.0313. The monoisotopic (exact) mass is 450 g/mol. The van der Waals surface area contributed by atoms with Crippen LogP contribution in [-0.4, -0.2) is 65.4 Å². The Labute approximate surface area is 193 Å². The van der Waals surface area contributed by atoms with Gasteiger partial charge >= 0.3 is 0 Å². The number of amides is 2. The number of aromatic nitrogens is 1. The van der Waals surface area contributed by atoms with E-state index in [2.05, 4.69) is 52.1 Å². The largest absolute Gasteiger partial charge is 0.368 e. The first-order valence-corrected chi connectivity index (χ1v) is 12.5. The van der Waals surface area contributed by atoms with E-state index >= 15 is 0 Å². The van der Waals surface area contributed by atoms with Crippen molar-refractivity contribution in [2.45, 2.75) is 26.3 Å². The molecule has 7 heteroatoms. The lowest BCUT2D eigenvalue weighted by atomic mass is 9.94. The third kappa shape index (κ3) is 3.90. The van der Waals surface area contributed by atoms with Gasteiger partial charge in [-0.15, -0.1) is 11.3 Å². The van der Waals surface area contributed by atoms with Crippen molar-refractivity contribution in [1.82, 2.24) is 14.4 Å². The number of fused-ring (bicyclic) bond motifs is 1. The smallest absolute Gasteiger partial charge is 0.270 e. The van der Waals surface area contributed by atoms with E-state index in [1.165, 1.54) is 5.69 Å². The molecule has 0 radical (unpaired) electrons. The van der Waals surface area contributed by atoms with Crippen molar-refractivity contribution in [2.24, 2.45) is 5.92 Å². The van der Waals surface area contributed by atoms with E-state index in [1.54, 1.807) is 11.3 Å². The molecule has 0 aliphatic carbocycles. The summed E-state index contributed by atoms with van der Waals surface area (Å²) in [5.41, 5.74) is 3.14. The quantitative estimate of drug-likeness (QED) is 0.605. The Hall–Kier alpha value is -2.80. The fourth-order valence-corrected chi connectivity index (χ4v) is 5.89. The highest BCUT2D eigenvalue weighted by atomic mass is 32.1. The van der Waals surface area contributed by atoms with Crippen molar-refractivity contribution in [3.63, 3.8) is 0 Å². The summed E-state index contributed by atoms with van der Waals surface area (Å²) in [6.45, 7) is 7.46. The molecule has 2 aliphatic rings. The van der Waals surface area contributed by atoms with Gasteiger partial charge in [0, 0.05) is 57.4 Å². The Morgan fingerprint density at radius 2 is 1.66 bits per heavy atom. The Bertz CT molecular complexity index is 1090. The van der Waals surface area contributed by atoms with Crippen LogP contribution in [0.2, 0.25) is 0 Å². The number of carbonyl (C=O) groups excluding carboxylic acids is 2. The van der Waals surface area contributed by atoms with Gasteiger partial charge in [-0.05, 0) is 49.4 Å². The Balaban J connectivity index is 1.16. The maximum atomic E-state index is 13.2. The van der Waals surface area contributed by atoms with Crippen LogP contribution >= 0.6 is 11.3 Å². The van der Waals surface area contributed by atoms with Crippen LogP contribution < -0.4 is 4.90 Å². The molecular weight excluding hydrogens is 420 g/mol. The molecule has 2 saturated heterocycles. The van der Waals surface area contributed by atoms with Crippen LogP contribution in [0.5, 0.6) is 0 Å². The third-order valence-electron chi connectivity index (χ3n) is 6.90. The summed E-state index contributed by atoms with van der Waals surface area (Å²) in [5.74, 6) is 0.392. The molecule has 2 amide bonds. The zero-order chi connectivity index (χ0) is 22.1. The summed E-state index contributed by atoms with van der Waals surface area (Å²) in [5, 5.41) is 2.07. The number of thiophene rings is 1. The summed E-state index contributed by atoms with van der Waals surface area (Å²) in [4.78, 5) is 32.6. The Morgan fingerprint density at radius 3 is 2.34 bits per heavy atom. The molecule has 0 atom stereocenters. The van der Waals surface area contributed by atoms with Gasteiger partial charge in [0.05, 0.1) is 10.2 Å². The number of hydrogen-bond donors (Lipinski definition) is 0. The molecule has 1 aromatic carbocycles. The normalized spacial score (nSPS) is 17.8. The molecule has 5 rings (SSSR count). The summed E-state index contributed by atoms with van der Waals surface area (Å²) in [6.07, 6.45) is 1.51. The molecule has 32 heavy (non-hydrogen) atoms. The van der Waals surface area contributed by atoms with E-state index in [4.69, 9.17) is 0 Å². The van der Waals surface area contributed by atoms with Crippen LogP contribution in [0.25, 0.3) is 10.2 Å². The second-order valence-electron chi connectivity index (χ2n) is 8.66. The maximum Gasteiger partial charge on any atom is 0.270 e. The van der Waals surface area contributed by atoms with Gasteiger partial charge in [0.2, 0.25) is 5.91 Å². The number of benzene rings is 1. The minimum Gasteiger partial charge on any atom is -0.368 e. The van der Waals surface area contributed by atoms with Crippen molar-refractivity contribution < 1.29 is 9.59 Å². The summed E-state index contributed by atoms with van der Waals surface area (Å²) < 4.78 is 3.27. The van der Waals surface area contributed by atoms with Gasteiger partial charge < -0.3 is 19.3 Å². The van der Waals surface area contributed by atoms with Crippen LogP contribution in [0.4, 0.5) is 5.69 Å². The number of piperidine rings is 1. The average molecular weight is 451 g/mol. The van der Waals surface area contributed by atoms with E-state index in [1.807, 2.05) is 21.9 Å². The molecule has 2 fully saturated rings. The zero-order valence-corrected chi connectivity index (χ0v) is 19.4. The lowest BCUT2D eigenvalue weighted by Gasteiger charge is -2.39. The predicted molar refractivity (Wildman–Crippen MR) is 129 cm³/mol. The van der Waals surface area contributed by atoms with Crippen molar-refractivity contribution >= 4 is 39.1 Å². The van der Waals surface area contributed by atoms with Crippen LogP contribution in [0.15, 0.2) is 47.8 Å². The first kappa shape index (κ1) is 21.1. The molecule has 2 aliphatic heterocycles. The topological polar surface area (TPSA) is 48.8 Å². The number of likely N-dealkylation sites (tertiary alicyclic amines) is 1. The van der Waals surface area contributed by atoms with Crippen LogP contribution in [-0.2, 0) is 11.3 Å². The molecule has 168 valence electrons. The highest BCUT2D eigenvalue weighted by Crippen LogP contribution is 2.28. The molecule has 0 saturated carbocycles. The molecule has 2 aromatic heterocycles. The van der Waals surface area contributed by atoms with E-state index in [0.717, 1.165) is 61.5 Å². The first-order valence-electron chi connectivity index (χ1n) is 11.6. The predicted octanol–water partition coefficient (Wildman–Crippen LogP) is 3.92. The summed E-state index contributed by atoms with van der Waals surface area (Å²) in [6, 6.07) is 14.5. The summed E-state index contributed by atoms with van der Waals surface area (Å²) in [7, 11) is 0. The maximum absolute atomic E-state index is 13.2. The molecule has 3 aromatic rings. The number of carbonyl (C=O) groups is 2. The van der Waals surface area contributed by atoms with Crippen molar-refractivity contribution in [2.75, 3.05) is 44.2 Å². The SMILES string of the molecule is CCn1c(C(=O)N2CCC(C(=O)N3CCN(c4ccccc4)CC3)CC2)cc2sccc21. The lowest BCUT2D eigenvalue weighted by molar-refractivity contribution is -0.137. The fraction of sp³-hybridized carbons (Fsp3) is 0.440.